The Morgan fingerprint density at radius 1 is 1.06 bits per heavy atom. The van der Waals surface area contributed by atoms with Gasteiger partial charge in [0, 0.05) is 17.3 Å². The largest absolute Gasteiger partial charge is 0.416 e. The maximum Gasteiger partial charge on any atom is 0.416 e. The maximum absolute atomic E-state index is 12.8. The average Bonchev–Trinajstić information content (AvgIpc) is 3.03. The molecule has 0 saturated carbocycles. The van der Waals surface area contributed by atoms with Crippen molar-refractivity contribution in [1.29, 1.82) is 0 Å². The summed E-state index contributed by atoms with van der Waals surface area (Å²) >= 11 is 0. The van der Waals surface area contributed by atoms with Gasteiger partial charge in [-0.05, 0) is 25.1 Å². The topological polar surface area (TPSA) is 81.3 Å². The molecule has 31 heavy (non-hydrogen) atoms. The minimum atomic E-state index is -4.53. The van der Waals surface area contributed by atoms with Crippen molar-refractivity contribution in [2.45, 2.75) is 19.6 Å². The number of carbonyl (C=O) groups is 1. The third kappa shape index (κ3) is 4.18. The first-order valence-corrected chi connectivity index (χ1v) is 9.22. The molecule has 0 unspecified atom stereocenters. The van der Waals surface area contributed by atoms with E-state index >= 15 is 0 Å². The molecule has 10 heteroatoms. The standard InChI is InChI=1S/C21H16F3N5O2/c1-13-25-17(14-6-3-2-4-7-14)11-18-27-28(20(31)29(13)18)12-19(30)26-16-9-5-8-15(10-16)21(22,23)24/h2-11H,12H2,1H3,(H,26,30). The number of amides is 1. The van der Waals surface area contributed by atoms with Crippen LogP contribution in [0.4, 0.5) is 18.9 Å². The Bertz CT molecular complexity index is 1330. The molecule has 1 amide bonds. The second-order valence-electron chi connectivity index (χ2n) is 6.82. The van der Waals surface area contributed by atoms with Gasteiger partial charge in [0.2, 0.25) is 5.91 Å². The molecule has 0 radical (unpaired) electrons. The smallest absolute Gasteiger partial charge is 0.324 e. The van der Waals surface area contributed by atoms with Crippen molar-refractivity contribution in [3.63, 3.8) is 0 Å². The molecular formula is C21H16F3N5O2. The number of aryl methyl sites for hydroxylation is 1. The van der Waals surface area contributed by atoms with Crippen molar-refractivity contribution in [3.8, 4) is 11.3 Å². The fourth-order valence-electron chi connectivity index (χ4n) is 3.17. The van der Waals surface area contributed by atoms with Crippen LogP contribution < -0.4 is 11.0 Å². The normalized spacial score (nSPS) is 11.6. The number of hydrogen-bond donors (Lipinski definition) is 1. The second kappa shape index (κ2) is 7.71. The second-order valence-corrected chi connectivity index (χ2v) is 6.82. The number of hydrogen-bond acceptors (Lipinski definition) is 4. The van der Waals surface area contributed by atoms with Crippen LogP contribution in [0, 0.1) is 6.92 Å². The van der Waals surface area contributed by atoms with Crippen molar-refractivity contribution in [3.05, 3.63) is 82.5 Å². The zero-order chi connectivity index (χ0) is 22.2. The monoisotopic (exact) mass is 427 g/mol. The van der Waals surface area contributed by atoms with E-state index in [-0.39, 0.29) is 5.69 Å². The number of benzene rings is 2. The number of carbonyl (C=O) groups excluding carboxylic acids is 1. The Labute approximate surface area is 173 Å². The summed E-state index contributed by atoms with van der Waals surface area (Å²) in [5.74, 6) is -0.287. The summed E-state index contributed by atoms with van der Waals surface area (Å²) in [5.41, 5.74) is 0.293. The van der Waals surface area contributed by atoms with Gasteiger partial charge in [-0.25, -0.2) is 18.9 Å². The molecule has 7 nitrogen and oxygen atoms in total. The van der Waals surface area contributed by atoms with Crippen LogP contribution in [0.2, 0.25) is 0 Å². The van der Waals surface area contributed by atoms with Crippen LogP contribution in [0.3, 0.4) is 0 Å². The maximum atomic E-state index is 12.8. The summed E-state index contributed by atoms with van der Waals surface area (Å²) in [5, 5.41) is 6.55. The summed E-state index contributed by atoms with van der Waals surface area (Å²) in [4.78, 5) is 29.4. The molecule has 2 aromatic carbocycles. The highest BCUT2D eigenvalue weighted by Crippen LogP contribution is 2.30. The van der Waals surface area contributed by atoms with Crippen LogP contribution in [0.1, 0.15) is 11.4 Å². The van der Waals surface area contributed by atoms with Gasteiger partial charge in [-0.15, -0.1) is 5.10 Å². The Hall–Kier alpha value is -3.95. The lowest BCUT2D eigenvalue weighted by atomic mass is 10.1. The Kier molecular flexibility index (Phi) is 5.05. The van der Waals surface area contributed by atoms with Crippen molar-refractivity contribution in [1.82, 2.24) is 19.2 Å². The molecule has 2 heterocycles. The quantitative estimate of drug-likeness (QED) is 0.540. The number of nitrogens with zero attached hydrogens (tertiary/aromatic N) is 4. The Morgan fingerprint density at radius 3 is 2.52 bits per heavy atom. The van der Waals surface area contributed by atoms with Crippen LogP contribution in [0.15, 0.2) is 65.5 Å². The van der Waals surface area contributed by atoms with E-state index in [0.717, 1.165) is 22.4 Å². The molecule has 0 spiro atoms. The third-order valence-corrected chi connectivity index (χ3v) is 4.57. The SMILES string of the molecule is Cc1nc(-c2ccccc2)cc2nn(CC(=O)Nc3cccc(C(F)(F)F)c3)c(=O)n12. The van der Waals surface area contributed by atoms with Crippen molar-refractivity contribution in [2.24, 2.45) is 0 Å². The lowest BCUT2D eigenvalue weighted by molar-refractivity contribution is -0.137. The van der Waals surface area contributed by atoms with Gasteiger partial charge in [-0.2, -0.15) is 13.2 Å². The predicted octanol–water partition coefficient (Wildman–Crippen LogP) is 3.52. The molecule has 0 atom stereocenters. The van der Waals surface area contributed by atoms with E-state index in [1.165, 1.54) is 16.5 Å². The van der Waals surface area contributed by atoms with Gasteiger partial charge in [0.25, 0.3) is 0 Å². The molecule has 0 bridgehead atoms. The Morgan fingerprint density at radius 2 is 1.81 bits per heavy atom. The fraction of sp³-hybridized carbons (Fsp3) is 0.143. The zero-order valence-corrected chi connectivity index (χ0v) is 16.2. The molecule has 0 fully saturated rings. The van der Waals surface area contributed by atoms with Crippen LogP contribution >= 0.6 is 0 Å². The van der Waals surface area contributed by atoms with E-state index in [1.54, 1.807) is 13.0 Å². The van der Waals surface area contributed by atoms with E-state index in [1.807, 2.05) is 30.3 Å². The fourth-order valence-corrected chi connectivity index (χ4v) is 3.17. The average molecular weight is 427 g/mol. The van der Waals surface area contributed by atoms with Gasteiger partial charge in [0.15, 0.2) is 5.65 Å². The molecule has 4 rings (SSSR count). The summed E-state index contributed by atoms with van der Waals surface area (Å²) < 4.78 is 40.7. The van der Waals surface area contributed by atoms with Gasteiger partial charge in [0.1, 0.15) is 12.4 Å². The minimum Gasteiger partial charge on any atom is -0.324 e. The number of alkyl halides is 3. The van der Waals surface area contributed by atoms with Crippen LogP contribution in [0.5, 0.6) is 0 Å². The number of nitrogens with one attached hydrogen (secondary N) is 1. The number of fused-ring (bicyclic) bond motifs is 1. The first kappa shape index (κ1) is 20.3. The van der Waals surface area contributed by atoms with Crippen LogP contribution in [0.25, 0.3) is 16.9 Å². The molecule has 158 valence electrons. The van der Waals surface area contributed by atoms with E-state index in [2.05, 4.69) is 15.4 Å². The van der Waals surface area contributed by atoms with E-state index in [0.29, 0.717) is 17.2 Å². The van der Waals surface area contributed by atoms with Crippen molar-refractivity contribution >= 4 is 17.2 Å². The molecular weight excluding hydrogens is 411 g/mol. The number of rotatable bonds is 4. The van der Waals surface area contributed by atoms with E-state index < -0.39 is 29.9 Å². The highest BCUT2D eigenvalue weighted by Gasteiger charge is 2.30. The molecule has 0 aliphatic carbocycles. The third-order valence-electron chi connectivity index (χ3n) is 4.57. The summed E-state index contributed by atoms with van der Waals surface area (Å²) in [6, 6.07) is 15.2. The molecule has 2 aromatic heterocycles. The first-order valence-electron chi connectivity index (χ1n) is 9.22. The molecule has 4 aromatic rings. The first-order chi connectivity index (χ1) is 14.7. The van der Waals surface area contributed by atoms with Crippen LogP contribution in [-0.2, 0) is 17.5 Å². The predicted molar refractivity (Wildman–Crippen MR) is 107 cm³/mol. The number of aromatic nitrogens is 4. The number of anilines is 1. The summed E-state index contributed by atoms with van der Waals surface area (Å²) in [7, 11) is 0. The van der Waals surface area contributed by atoms with Crippen molar-refractivity contribution < 1.29 is 18.0 Å². The highest BCUT2D eigenvalue weighted by molar-refractivity contribution is 5.90. The van der Waals surface area contributed by atoms with E-state index in [4.69, 9.17) is 0 Å². The summed E-state index contributed by atoms with van der Waals surface area (Å²) in [6.45, 7) is 1.19. The lowest BCUT2D eigenvalue weighted by Gasteiger charge is -2.09. The lowest BCUT2D eigenvalue weighted by Crippen LogP contribution is -2.29. The zero-order valence-electron chi connectivity index (χ0n) is 16.2. The number of halogens is 3. The highest BCUT2D eigenvalue weighted by atomic mass is 19.4. The van der Waals surface area contributed by atoms with Gasteiger partial charge in [-0.3, -0.25) is 4.79 Å². The van der Waals surface area contributed by atoms with Gasteiger partial charge < -0.3 is 5.32 Å². The van der Waals surface area contributed by atoms with Gasteiger partial charge in [0.05, 0.1) is 11.3 Å². The molecule has 0 aliphatic heterocycles. The van der Waals surface area contributed by atoms with Crippen LogP contribution in [-0.4, -0.2) is 25.1 Å². The van der Waals surface area contributed by atoms with Gasteiger partial charge >= 0.3 is 11.9 Å². The summed E-state index contributed by atoms with van der Waals surface area (Å²) in [6.07, 6.45) is -4.53. The molecule has 1 N–H and O–H groups in total. The Balaban J connectivity index is 1.60. The van der Waals surface area contributed by atoms with E-state index in [9.17, 15) is 22.8 Å². The van der Waals surface area contributed by atoms with Crippen molar-refractivity contribution in [2.75, 3.05) is 5.32 Å². The molecule has 0 aliphatic rings. The molecule has 0 saturated heterocycles. The van der Waals surface area contributed by atoms with Gasteiger partial charge in [-0.1, -0.05) is 36.4 Å². The minimum absolute atomic E-state index is 0.0270.